The molecule has 0 aliphatic rings. The monoisotopic (exact) mass is 409 g/mol. The fourth-order valence-electron chi connectivity index (χ4n) is 3.16. The van der Waals surface area contributed by atoms with Crippen LogP contribution in [0.1, 0.15) is 53.3 Å². The van der Waals surface area contributed by atoms with E-state index in [1.165, 1.54) is 30.5 Å². The summed E-state index contributed by atoms with van der Waals surface area (Å²) in [5.41, 5.74) is -1.73. The van der Waals surface area contributed by atoms with Gasteiger partial charge in [0.25, 0.3) is 17.2 Å². The van der Waals surface area contributed by atoms with Crippen molar-refractivity contribution in [3.8, 4) is 5.75 Å². The summed E-state index contributed by atoms with van der Waals surface area (Å²) in [4.78, 5) is 53.1. The van der Waals surface area contributed by atoms with Crippen LogP contribution in [0.2, 0.25) is 0 Å². The summed E-state index contributed by atoms with van der Waals surface area (Å²) < 4.78 is 0.725. The molecule has 0 unspecified atom stereocenters. The van der Waals surface area contributed by atoms with Gasteiger partial charge in [-0.1, -0.05) is 19.8 Å². The number of carbonyl (C=O) groups excluding carboxylic acids is 2. The number of Topliss-reactive ketones (excluding diaryl/α,β-unsaturated/α-hetero) is 1. The minimum Gasteiger partial charge on any atom is -0.506 e. The largest absolute Gasteiger partial charge is 0.506 e. The fraction of sp³-hybridized carbons (Fsp3) is 0.238. The zero-order valence-corrected chi connectivity index (χ0v) is 16.2. The van der Waals surface area contributed by atoms with Gasteiger partial charge in [-0.25, -0.2) is 9.55 Å². The van der Waals surface area contributed by atoms with E-state index < -0.39 is 33.5 Å². The molecule has 0 aliphatic heterocycles. The number of ketones is 1. The van der Waals surface area contributed by atoms with Gasteiger partial charge in [-0.15, -0.1) is 0 Å². The van der Waals surface area contributed by atoms with Crippen LogP contribution in [0.4, 0.5) is 5.69 Å². The highest BCUT2D eigenvalue weighted by Crippen LogP contribution is 2.27. The van der Waals surface area contributed by atoms with Crippen LogP contribution in [0, 0.1) is 10.1 Å². The number of unbranched alkanes of at least 4 members (excludes halogenated alkanes) is 2. The maximum atomic E-state index is 13.1. The van der Waals surface area contributed by atoms with Gasteiger partial charge >= 0.3 is 0 Å². The summed E-state index contributed by atoms with van der Waals surface area (Å²) in [7, 11) is 0. The number of benzene rings is 1. The van der Waals surface area contributed by atoms with Crippen molar-refractivity contribution >= 4 is 28.4 Å². The second-order valence-corrected chi connectivity index (χ2v) is 6.73. The third kappa shape index (κ3) is 3.82. The fourth-order valence-corrected chi connectivity index (χ4v) is 3.16. The van der Waals surface area contributed by atoms with Crippen LogP contribution in [0.5, 0.6) is 5.75 Å². The number of rotatable bonds is 7. The molecule has 0 radical (unpaired) electrons. The van der Waals surface area contributed by atoms with Gasteiger partial charge in [-0.05, 0) is 30.7 Å². The minimum absolute atomic E-state index is 0.00437. The number of carbonyl (C=O) groups is 2. The van der Waals surface area contributed by atoms with E-state index in [-0.39, 0.29) is 28.7 Å². The highest BCUT2D eigenvalue weighted by Gasteiger charge is 2.26. The van der Waals surface area contributed by atoms with Crippen molar-refractivity contribution in [3.05, 3.63) is 74.2 Å². The van der Waals surface area contributed by atoms with Crippen molar-refractivity contribution in [3.63, 3.8) is 0 Å². The Labute approximate surface area is 170 Å². The first-order valence-corrected chi connectivity index (χ1v) is 9.41. The van der Waals surface area contributed by atoms with Crippen molar-refractivity contribution in [2.24, 2.45) is 0 Å². The molecule has 30 heavy (non-hydrogen) atoms. The normalized spacial score (nSPS) is 10.8. The molecule has 2 heterocycles. The lowest BCUT2D eigenvalue weighted by Gasteiger charge is -2.13. The molecule has 0 saturated carbocycles. The van der Waals surface area contributed by atoms with E-state index in [0.29, 0.717) is 6.42 Å². The smallest absolute Gasteiger partial charge is 0.274 e. The summed E-state index contributed by atoms with van der Waals surface area (Å²) in [6, 6.07) is 7.70. The van der Waals surface area contributed by atoms with Gasteiger partial charge in [0.05, 0.1) is 10.3 Å². The van der Waals surface area contributed by atoms with Crippen molar-refractivity contribution in [1.29, 1.82) is 0 Å². The highest BCUT2D eigenvalue weighted by molar-refractivity contribution is 6.07. The molecule has 0 aliphatic carbocycles. The van der Waals surface area contributed by atoms with Crippen LogP contribution >= 0.6 is 0 Å². The van der Waals surface area contributed by atoms with Crippen LogP contribution in [0.25, 0.3) is 11.0 Å². The van der Waals surface area contributed by atoms with E-state index in [9.17, 15) is 29.6 Å². The molecule has 0 fully saturated rings. The number of nitro benzene ring substituents is 1. The van der Waals surface area contributed by atoms with E-state index in [1.54, 1.807) is 0 Å². The van der Waals surface area contributed by atoms with Crippen LogP contribution in [0.15, 0.2) is 47.4 Å². The summed E-state index contributed by atoms with van der Waals surface area (Å²) in [6.07, 6.45) is 3.63. The molecule has 0 spiro atoms. The number of aromatic hydroxyl groups is 1. The Morgan fingerprint density at radius 3 is 2.50 bits per heavy atom. The Balaban J connectivity index is 2.18. The number of aromatic nitrogens is 2. The van der Waals surface area contributed by atoms with Crippen molar-refractivity contribution in [2.75, 3.05) is 0 Å². The lowest BCUT2D eigenvalue weighted by molar-refractivity contribution is -0.384. The van der Waals surface area contributed by atoms with Crippen molar-refractivity contribution < 1.29 is 19.6 Å². The molecule has 9 heteroatoms. The first kappa shape index (κ1) is 20.8. The molecule has 2 aromatic heterocycles. The number of hydrogen-bond donors (Lipinski definition) is 1. The maximum Gasteiger partial charge on any atom is 0.274 e. The molecule has 0 amide bonds. The summed E-state index contributed by atoms with van der Waals surface area (Å²) in [5.74, 6) is -1.86. The van der Waals surface area contributed by atoms with E-state index in [0.717, 1.165) is 29.5 Å². The van der Waals surface area contributed by atoms with Crippen LogP contribution < -0.4 is 5.56 Å². The van der Waals surface area contributed by atoms with E-state index >= 15 is 0 Å². The molecule has 9 nitrogen and oxygen atoms in total. The van der Waals surface area contributed by atoms with Gasteiger partial charge < -0.3 is 5.11 Å². The average molecular weight is 409 g/mol. The molecule has 3 rings (SSSR count). The zero-order valence-electron chi connectivity index (χ0n) is 16.2. The number of nitro groups is 1. The van der Waals surface area contributed by atoms with Crippen molar-refractivity contribution in [2.45, 2.75) is 32.6 Å². The Kier molecular flexibility index (Phi) is 6.01. The third-order valence-electron chi connectivity index (χ3n) is 4.72. The van der Waals surface area contributed by atoms with Gasteiger partial charge in [0, 0.05) is 30.3 Å². The molecule has 3 aromatic rings. The topological polar surface area (TPSA) is 132 Å². The van der Waals surface area contributed by atoms with E-state index in [4.69, 9.17) is 0 Å². The maximum absolute atomic E-state index is 13.1. The van der Waals surface area contributed by atoms with E-state index in [1.807, 2.05) is 6.92 Å². The Bertz CT molecular complexity index is 1200. The van der Waals surface area contributed by atoms with E-state index in [2.05, 4.69) is 4.98 Å². The first-order chi connectivity index (χ1) is 14.4. The average Bonchev–Trinajstić information content (AvgIpc) is 2.74. The number of non-ortho nitro benzene ring substituents is 1. The lowest BCUT2D eigenvalue weighted by Crippen LogP contribution is -2.32. The predicted octanol–water partition coefficient (Wildman–Crippen LogP) is 3.46. The second-order valence-electron chi connectivity index (χ2n) is 6.73. The molecular weight excluding hydrogens is 390 g/mol. The van der Waals surface area contributed by atoms with Crippen LogP contribution in [-0.2, 0) is 0 Å². The molecule has 0 saturated heterocycles. The van der Waals surface area contributed by atoms with Crippen molar-refractivity contribution in [1.82, 2.24) is 9.55 Å². The molecule has 154 valence electrons. The molecule has 1 N–H and O–H groups in total. The summed E-state index contributed by atoms with van der Waals surface area (Å²) in [5, 5.41) is 21.5. The number of hydrogen-bond acceptors (Lipinski definition) is 7. The quantitative estimate of drug-likeness (QED) is 0.273. The molecule has 1 aromatic carbocycles. The summed E-state index contributed by atoms with van der Waals surface area (Å²) in [6.45, 7) is 1.97. The predicted molar refractivity (Wildman–Crippen MR) is 109 cm³/mol. The lowest BCUT2D eigenvalue weighted by atomic mass is 10.0. The summed E-state index contributed by atoms with van der Waals surface area (Å²) >= 11 is 0. The van der Waals surface area contributed by atoms with Gasteiger partial charge in [-0.2, -0.15) is 0 Å². The Morgan fingerprint density at radius 2 is 1.87 bits per heavy atom. The number of fused-ring (bicyclic) bond motifs is 1. The van der Waals surface area contributed by atoms with Gasteiger partial charge in [-0.3, -0.25) is 24.5 Å². The SMILES string of the molecule is CCCCCC(=O)c1c(O)c2cccnc2n(C(=O)c2ccc([N+](=O)[O-])cc2)c1=O. The molecule has 0 atom stereocenters. The third-order valence-corrected chi connectivity index (χ3v) is 4.72. The standard InChI is InChI=1S/C21H19N3O6/c1-2-3-4-7-16(25)17-18(26)15-6-5-12-22-19(15)23(21(17)28)20(27)13-8-10-14(11-9-13)24(29)30/h5-6,8-12,26H,2-4,7H2,1H3. The highest BCUT2D eigenvalue weighted by atomic mass is 16.6. The van der Waals surface area contributed by atoms with Crippen LogP contribution in [-0.4, -0.2) is 31.3 Å². The Morgan fingerprint density at radius 1 is 1.17 bits per heavy atom. The Hall–Kier alpha value is -3.88. The zero-order chi connectivity index (χ0) is 21.8. The second kappa shape index (κ2) is 8.64. The van der Waals surface area contributed by atoms with Gasteiger partial charge in [0.15, 0.2) is 11.4 Å². The van der Waals surface area contributed by atoms with Gasteiger partial charge in [0.2, 0.25) is 0 Å². The minimum atomic E-state index is -0.969. The number of nitrogens with zero attached hydrogens (tertiary/aromatic N) is 3. The first-order valence-electron chi connectivity index (χ1n) is 9.41. The number of pyridine rings is 2. The van der Waals surface area contributed by atoms with Crippen LogP contribution in [0.3, 0.4) is 0 Å². The van der Waals surface area contributed by atoms with Gasteiger partial charge in [0.1, 0.15) is 11.3 Å². The molecular formula is C21H19N3O6. The molecule has 0 bridgehead atoms.